The predicted molar refractivity (Wildman–Crippen MR) is 37.4 cm³/mol. The molecule has 0 amide bonds. The quantitative estimate of drug-likeness (QED) is 0.441. The second kappa shape index (κ2) is 137. The van der Waals surface area contributed by atoms with Crippen LogP contribution in [0.2, 0.25) is 0 Å². The summed E-state index contributed by atoms with van der Waals surface area (Å²) in [6.07, 6.45) is 0. The van der Waals surface area contributed by atoms with Gasteiger partial charge in [0.2, 0.25) is 0 Å². The zero-order valence-electron chi connectivity index (χ0n) is 6.56. The van der Waals surface area contributed by atoms with Crippen molar-refractivity contribution in [3.63, 3.8) is 0 Å². The summed E-state index contributed by atoms with van der Waals surface area (Å²) in [6.45, 7) is 0. The van der Waals surface area contributed by atoms with Gasteiger partial charge in [0.05, 0.1) is 0 Å². The van der Waals surface area contributed by atoms with Crippen LogP contribution in [0.5, 0.6) is 0 Å². The van der Waals surface area contributed by atoms with E-state index in [1.807, 2.05) is 0 Å². The average molecular weight is 341 g/mol. The van der Waals surface area contributed by atoms with Crippen molar-refractivity contribution >= 4 is 52.1 Å². The van der Waals surface area contributed by atoms with Crippen molar-refractivity contribution in [2.45, 2.75) is 0 Å². The molecule has 0 bridgehead atoms. The van der Waals surface area contributed by atoms with E-state index in [0.717, 1.165) is 0 Å². The fourth-order valence-electron chi connectivity index (χ4n) is 0. The first-order valence-corrected chi connectivity index (χ1v) is 0. The van der Waals surface area contributed by atoms with Gasteiger partial charge in [-0.3, -0.25) is 0 Å². The van der Waals surface area contributed by atoms with E-state index in [9.17, 15) is 0 Å². The van der Waals surface area contributed by atoms with E-state index in [2.05, 4.69) is 0 Å². The molecule has 0 aliphatic carbocycles. The second-order valence-electron chi connectivity index (χ2n) is 0. The normalized spacial score (nSPS) is 0. The molecule has 57 valence electrons. The van der Waals surface area contributed by atoms with Crippen LogP contribution >= 0.6 is 0 Å². The molecular weight excluding hydrogens is 328 g/mol. The molecule has 0 fully saturated rings. The average Bonchev–Trinajstić information content (AvgIpc) is 0. The van der Waals surface area contributed by atoms with Gasteiger partial charge in [0.15, 0.2) is 0 Å². The molecule has 0 aliphatic heterocycles. The summed E-state index contributed by atoms with van der Waals surface area (Å²) in [5.74, 6) is 0. The molecule has 0 unspecified atom stereocenters. The molecule has 9 radical (unpaired) electrons. The van der Waals surface area contributed by atoms with Crippen LogP contribution in [0, 0.1) is 0 Å². The van der Waals surface area contributed by atoms with Crippen LogP contribution in [-0.2, 0) is 86.9 Å². The van der Waals surface area contributed by atoms with E-state index in [0.29, 0.717) is 0 Å². The zero-order chi connectivity index (χ0) is 0. The Hall–Kier alpha value is 4.29. The molecule has 4 nitrogen and oxygen atoms in total. The van der Waals surface area contributed by atoms with Gasteiger partial charge < -0.3 is 24.6 Å². The van der Waals surface area contributed by atoms with E-state index in [4.69, 9.17) is 0 Å². The Morgan fingerprint density at radius 1 is 0.273 bits per heavy atom. The summed E-state index contributed by atoms with van der Waals surface area (Å²) in [5.41, 5.74) is 0. The van der Waals surface area contributed by atoms with Crippen LogP contribution in [0.3, 0.4) is 0 Å². The molecule has 0 saturated carbocycles. The topological polar surface area (TPSA) is 140 Å². The van der Waals surface area contributed by atoms with Crippen molar-refractivity contribution in [2.75, 3.05) is 0 Å². The van der Waals surface area contributed by atoms with Crippen molar-refractivity contribution in [1.82, 2.24) is 24.6 Å². The number of hydrogen-bond acceptors (Lipinski definition) is 4. The van der Waals surface area contributed by atoms with E-state index < -0.39 is 0 Å². The first kappa shape index (κ1) is 169. The SMILES string of the molecule is N.N.N.N.[Al].[Al].[Al].[Ti].[Ti].[Ti].[Ti]. The van der Waals surface area contributed by atoms with Gasteiger partial charge in [0.1, 0.15) is 0 Å². The summed E-state index contributed by atoms with van der Waals surface area (Å²) in [5, 5.41) is 0. The smallest absolute Gasteiger partial charge is 0 e. The molecule has 0 aromatic rings. The first-order chi connectivity index (χ1) is 0. The molecule has 0 aromatic heterocycles. The van der Waals surface area contributed by atoms with Crippen LogP contribution in [0.15, 0.2) is 0 Å². The Morgan fingerprint density at radius 3 is 0.273 bits per heavy atom. The van der Waals surface area contributed by atoms with Gasteiger partial charge in [0, 0.05) is 139 Å². The summed E-state index contributed by atoms with van der Waals surface area (Å²) in [7, 11) is 0. The molecule has 0 atom stereocenters. The van der Waals surface area contributed by atoms with E-state index >= 15 is 0 Å². The summed E-state index contributed by atoms with van der Waals surface area (Å²) in [4.78, 5) is 0. The molecule has 0 saturated heterocycles. The van der Waals surface area contributed by atoms with Gasteiger partial charge in [-0.25, -0.2) is 0 Å². The molecule has 0 aromatic carbocycles. The zero-order valence-corrected chi connectivity index (χ0v) is 16.3. The fraction of sp³-hybridized carbons (Fsp3) is 0. The number of hydrogen-bond donors (Lipinski definition) is 4. The number of rotatable bonds is 0. The molecule has 0 rings (SSSR count). The van der Waals surface area contributed by atoms with Crippen molar-refractivity contribution in [3.8, 4) is 0 Å². The van der Waals surface area contributed by atoms with Crippen LogP contribution in [0.4, 0.5) is 0 Å². The van der Waals surface area contributed by atoms with Gasteiger partial charge in [-0.1, -0.05) is 0 Å². The molecule has 0 heterocycles. The van der Waals surface area contributed by atoms with E-state index in [1.165, 1.54) is 0 Å². The Labute approximate surface area is 161 Å². The minimum absolute atomic E-state index is 0. The fourth-order valence-corrected chi connectivity index (χ4v) is 0. The Morgan fingerprint density at radius 2 is 0.273 bits per heavy atom. The van der Waals surface area contributed by atoms with Crippen molar-refractivity contribution in [2.24, 2.45) is 0 Å². The van der Waals surface area contributed by atoms with Crippen LogP contribution in [-0.4, -0.2) is 52.1 Å². The van der Waals surface area contributed by atoms with Gasteiger partial charge in [-0.2, -0.15) is 0 Å². The molecule has 11 heteroatoms. The molecule has 0 spiro atoms. The van der Waals surface area contributed by atoms with Crippen LogP contribution in [0.25, 0.3) is 0 Å². The second-order valence-corrected chi connectivity index (χ2v) is 0. The third kappa shape index (κ3) is 117. The first-order valence-electron chi connectivity index (χ1n) is 0. The maximum Gasteiger partial charge on any atom is 0 e. The largest absolute Gasteiger partial charge is 0.344 e. The Bertz CT molecular complexity index is 17.3. The summed E-state index contributed by atoms with van der Waals surface area (Å²) >= 11 is 0. The van der Waals surface area contributed by atoms with Crippen molar-refractivity contribution < 1.29 is 86.9 Å². The van der Waals surface area contributed by atoms with Gasteiger partial charge in [0.25, 0.3) is 0 Å². The summed E-state index contributed by atoms with van der Waals surface area (Å²) < 4.78 is 0. The Balaban J connectivity index is 0. The monoisotopic (exact) mass is 341 g/mol. The Kier molecular flexibility index (Phi) is 2110. The maximum absolute atomic E-state index is 0. The van der Waals surface area contributed by atoms with E-state index in [1.54, 1.807) is 0 Å². The van der Waals surface area contributed by atoms with E-state index in [-0.39, 0.29) is 164 Å². The standard InChI is InChI=1S/3Al.4H3N.4Ti/h;;;4*1H3;;;;. The van der Waals surface area contributed by atoms with Crippen molar-refractivity contribution in [3.05, 3.63) is 0 Å². The molecular formula is H12Al3N4Ti4. The van der Waals surface area contributed by atoms with Crippen molar-refractivity contribution in [1.29, 1.82) is 0 Å². The third-order valence-corrected chi connectivity index (χ3v) is 0. The minimum Gasteiger partial charge on any atom is -0.344 e. The van der Waals surface area contributed by atoms with Crippen LogP contribution in [0.1, 0.15) is 0 Å². The van der Waals surface area contributed by atoms with Gasteiger partial charge >= 0.3 is 0 Å². The third-order valence-electron chi connectivity index (χ3n) is 0. The van der Waals surface area contributed by atoms with Gasteiger partial charge in [-0.05, 0) is 0 Å². The molecule has 12 N–H and O–H groups in total. The minimum atomic E-state index is 0. The predicted octanol–water partition coefficient (Wildman–Crippen LogP) is -0.504. The van der Waals surface area contributed by atoms with Crippen LogP contribution < -0.4 is 24.6 Å². The van der Waals surface area contributed by atoms with Gasteiger partial charge in [-0.15, -0.1) is 0 Å². The molecule has 0 aliphatic rings. The molecule has 11 heavy (non-hydrogen) atoms. The summed E-state index contributed by atoms with van der Waals surface area (Å²) in [6, 6.07) is 0. The maximum atomic E-state index is 0.